The Morgan fingerprint density at radius 3 is 2.25 bits per heavy atom. The summed E-state index contributed by atoms with van der Waals surface area (Å²) in [6.07, 6.45) is -6.72. The first-order valence-corrected chi connectivity index (χ1v) is 12.2. The number of benzene rings is 1. The Balaban J connectivity index is 1.88. The van der Waals surface area contributed by atoms with E-state index in [-0.39, 0.29) is 24.3 Å². The molecule has 9 nitrogen and oxygen atoms in total. The zero-order chi connectivity index (χ0) is 30.2. The number of nitrogens with one attached hydrogen (secondary N) is 1. The Morgan fingerprint density at radius 2 is 1.68 bits per heavy atom. The van der Waals surface area contributed by atoms with Gasteiger partial charge in [0, 0.05) is 45.7 Å². The first-order chi connectivity index (χ1) is 18.4. The van der Waals surface area contributed by atoms with Crippen LogP contribution in [0.2, 0.25) is 0 Å². The van der Waals surface area contributed by atoms with Crippen molar-refractivity contribution in [2.45, 2.75) is 64.5 Å². The first-order valence-electron chi connectivity index (χ1n) is 12.2. The largest absolute Gasteiger partial charge is 0.449 e. The molecule has 220 valence electrons. The van der Waals surface area contributed by atoms with Gasteiger partial charge in [0.15, 0.2) is 17.3 Å². The molecule has 1 aromatic heterocycles. The van der Waals surface area contributed by atoms with E-state index in [2.05, 4.69) is 10.3 Å². The number of aromatic nitrogens is 2. The molecule has 3 rings (SSSR count). The number of carbonyl (C=O) groups is 3. The van der Waals surface area contributed by atoms with Gasteiger partial charge in [-0.15, -0.1) is 0 Å². The Bertz CT molecular complexity index is 1300. The summed E-state index contributed by atoms with van der Waals surface area (Å²) in [6.45, 7) is 3.86. The van der Waals surface area contributed by atoms with Crippen molar-refractivity contribution in [2.75, 3.05) is 20.6 Å². The monoisotopic (exact) mass is 577 g/mol. The molecule has 0 aliphatic carbocycles. The van der Waals surface area contributed by atoms with Crippen molar-refractivity contribution < 1.29 is 45.5 Å². The van der Waals surface area contributed by atoms with E-state index >= 15 is 0 Å². The highest BCUT2D eigenvalue weighted by molar-refractivity contribution is 5.93. The van der Waals surface area contributed by atoms with Crippen LogP contribution in [0.15, 0.2) is 12.1 Å². The zero-order valence-corrected chi connectivity index (χ0v) is 22.5. The number of fused-ring (bicyclic) bond motifs is 1. The molecule has 1 aliphatic heterocycles. The molecule has 1 N–H and O–H groups in total. The number of carbonyl (C=O) groups excluding carboxylic acids is 3. The van der Waals surface area contributed by atoms with Crippen LogP contribution in [0.5, 0.6) is 0 Å². The first kappa shape index (κ1) is 30.8. The van der Waals surface area contributed by atoms with Crippen molar-refractivity contribution in [2.24, 2.45) is 0 Å². The van der Waals surface area contributed by atoms with Crippen LogP contribution >= 0.6 is 0 Å². The molecule has 2 aromatic rings. The second kappa shape index (κ2) is 11.4. The van der Waals surface area contributed by atoms with Gasteiger partial charge in [-0.05, 0) is 38.8 Å². The van der Waals surface area contributed by atoms with Crippen LogP contribution in [0.4, 0.5) is 31.1 Å². The molecule has 1 aromatic carbocycles. The molecular formula is C25H29F6N5O4. The summed E-state index contributed by atoms with van der Waals surface area (Å²) in [5, 5.41) is 2.42. The molecule has 2 heterocycles. The fourth-order valence-corrected chi connectivity index (χ4v) is 4.15. The molecule has 0 saturated carbocycles. The Kier molecular flexibility index (Phi) is 8.74. The van der Waals surface area contributed by atoms with E-state index in [4.69, 9.17) is 4.74 Å². The molecule has 0 fully saturated rings. The van der Waals surface area contributed by atoms with Gasteiger partial charge >= 0.3 is 12.3 Å². The van der Waals surface area contributed by atoms with Crippen molar-refractivity contribution in [1.29, 1.82) is 0 Å². The van der Waals surface area contributed by atoms with E-state index in [9.17, 15) is 40.7 Å². The average Bonchev–Trinajstić information content (AvgIpc) is 3.20. The van der Waals surface area contributed by atoms with Crippen LogP contribution in [0.3, 0.4) is 0 Å². The number of hydrogen-bond donors (Lipinski definition) is 1. The number of rotatable bonds is 6. The molecule has 3 amide bonds. The summed E-state index contributed by atoms with van der Waals surface area (Å²) in [6, 6.07) is -0.220. The van der Waals surface area contributed by atoms with E-state index in [1.54, 1.807) is 20.8 Å². The summed E-state index contributed by atoms with van der Waals surface area (Å²) in [4.78, 5) is 44.0. The van der Waals surface area contributed by atoms with Crippen LogP contribution in [0, 0.1) is 17.5 Å². The van der Waals surface area contributed by atoms with Crippen LogP contribution in [-0.2, 0) is 35.2 Å². The van der Waals surface area contributed by atoms with Crippen LogP contribution < -0.4 is 5.32 Å². The maximum atomic E-state index is 14.4. The molecule has 1 atom stereocenters. The third-order valence-corrected chi connectivity index (χ3v) is 5.92. The van der Waals surface area contributed by atoms with Crippen LogP contribution in [0.1, 0.15) is 54.8 Å². The lowest BCUT2D eigenvalue weighted by Crippen LogP contribution is -2.45. The summed E-state index contributed by atoms with van der Waals surface area (Å²) in [5.41, 5.74) is -1.82. The van der Waals surface area contributed by atoms with Gasteiger partial charge in [-0.3, -0.25) is 9.59 Å². The lowest BCUT2D eigenvalue weighted by atomic mass is 10.0. The third kappa shape index (κ3) is 7.24. The fraction of sp³-hybridized carbons (Fsp3) is 0.520. The van der Waals surface area contributed by atoms with Crippen molar-refractivity contribution in [3.05, 3.63) is 52.4 Å². The topological polar surface area (TPSA) is 96.8 Å². The minimum atomic E-state index is -4.84. The molecule has 40 heavy (non-hydrogen) atoms. The summed E-state index contributed by atoms with van der Waals surface area (Å²) in [5.74, 6) is -6.56. The second-order valence-electron chi connectivity index (χ2n) is 10.5. The molecule has 1 unspecified atom stereocenters. The zero-order valence-electron chi connectivity index (χ0n) is 22.5. The smallest absolute Gasteiger partial charge is 0.444 e. The van der Waals surface area contributed by atoms with Gasteiger partial charge in [0.25, 0.3) is 5.91 Å². The van der Waals surface area contributed by atoms with Gasteiger partial charge < -0.3 is 24.4 Å². The minimum absolute atomic E-state index is 0.117. The van der Waals surface area contributed by atoms with Gasteiger partial charge in [-0.2, -0.15) is 13.2 Å². The maximum Gasteiger partial charge on any atom is 0.449 e. The molecule has 0 spiro atoms. The van der Waals surface area contributed by atoms with Crippen molar-refractivity contribution in [3.8, 4) is 0 Å². The number of alkyl halides is 3. The molecule has 0 saturated heterocycles. The van der Waals surface area contributed by atoms with Gasteiger partial charge in [0.05, 0.1) is 12.2 Å². The number of amides is 3. The van der Waals surface area contributed by atoms with E-state index in [1.807, 2.05) is 0 Å². The Labute approximate surface area is 226 Å². The van der Waals surface area contributed by atoms with Crippen LogP contribution in [-0.4, -0.2) is 69.5 Å². The fourth-order valence-electron chi connectivity index (χ4n) is 4.15. The van der Waals surface area contributed by atoms with Gasteiger partial charge in [0.2, 0.25) is 11.7 Å². The van der Waals surface area contributed by atoms with E-state index in [1.165, 1.54) is 19.0 Å². The van der Waals surface area contributed by atoms with Crippen molar-refractivity contribution >= 4 is 17.9 Å². The van der Waals surface area contributed by atoms with E-state index < -0.39 is 84.1 Å². The summed E-state index contributed by atoms with van der Waals surface area (Å²) < 4.78 is 88.4. The van der Waals surface area contributed by atoms with Crippen molar-refractivity contribution in [3.63, 3.8) is 0 Å². The third-order valence-electron chi connectivity index (χ3n) is 5.92. The van der Waals surface area contributed by atoms with Gasteiger partial charge in [-0.25, -0.2) is 22.9 Å². The number of hydrogen-bond acceptors (Lipinski definition) is 5. The van der Waals surface area contributed by atoms with E-state index in [0.29, 0.717) is 12.1 Å². The summed E-state index contributed by atoms with van der Waals surface area (Å²) in [7, 11) is 2.69. The molecule has 0 radical (unpaired) electrons. The molecule has 0 bridgehead atoms. The molecular weight excluding hydrogens is 548 g/mol. The number of nitrogens with zero attached hydrogens (tertiary/aromatic N) is 4. The van der Waals surface area contributed by atoms with Gasteiger partial charge in [0.1, 0.15) is 11.4 Å². The van der Waals surface area contributed by atoms with Crippen LogP contribution in [0.25, 0.3) is 0 Å². The minimum Gasteiger partial charge on any atom is -0.444 e. The average molecular weight is 578 g/mol. The molecule has 1 aliphatic rings. The predicted molar refractivity (Wildman–Crippen MR) is 128 cm³/mol. The highest BCUT2D eigenvalue weighted by Gasteiger charge is 2.42. The number of ether oxygens (including phenoxy) is 1. The maximum absolute atomic E-state index is 14.4. The summed E-state index contributed by atoms with van der Waals surface area (Å²) >= 11 is 0. The Hall–Kier alpha value is -3.78. The number of halogens is 6. The number of imidazole rings is 1. The molecule has 15 heteroatoms. The Morgan fingerprint density at radius 1 is 1.05 bits per heavy atom. The lowest BCUT2D eigenvalue weighted by molar-refractivity contribution is -0.148. The quantitative estimate of drug-likeness (QED) is 0.415. The highest BCUT2D eigenvalue weighted by Crippen LogP contribution is 2.33. The standard InChI is InChI=1S/C25H29F6N5O4/c1-24(2,3)40-23(39)32-14(8-13-9-16(27)17(28)11-15(13)26)10-19(37)35-6-7-36-18(12-35)20(21(38)34(4)5)33-22(36)25(29,30)31/h9,11,14H,6-8,10,12H2,1-5H3,(H,32,39). The SMILES string of the molecule is CN(C)C(=O)c1nc(C(F)(F)F)n2c1CN(C(=O)CC(Cc1cc(F)c(F)cc1F)NC(=O)OC(C)(C)C)CC2. The van der Waals surface area contributed by atoms with Gasteiger partial charge in [-0.1, -0.05) is 0 Å². The lowest BCUT2D eigenvalue weighted by Gasteiger charge is -2.31. The van der Waals surface area contributed by atoms with Crippen molar-refractivity contribution in [1.82, 2.24) is 24.7 Å². The predicted octanol–water partition coefficient (Wildman–Crippen LogP) is 3.89. The van der Waals surface area contributed by atoms with E-state index in [0.717, 1.165) is 9.47 Å². The second-order valence-corrected chi connectivity index (χ2v) is 10.5. The highest BCUT2D eigenvalue weighted by atomic mass is 19.4. The number of alkyl carbamates (subject to hydrolysis) is 1. The normalized spacial score (nSPS) is 14.4.